The number of thiophene rings is 1. The summed E-state index contributed by atoms with van der Waals surface area (Å²) in [6, 6.07) is 4.54. The van der Waals surface area contributed by atoms with Gasteiger partial charge in [0, 0.05) is 19.1 Å². The summed E-state index contributed by atoms with van der Waals surface area (Å²) in [5, 5.41) is 5.66. The van der Waals surface area contributed by atoms with Gasteiger partial charge in [0.1, 0.15) is 5.76 Å². The topological polar surface area (TPSA) is 58.4 Å². The minimum Gasteiger partial charge on any atom is -0.440 e. The number of carbonyl (C=O) groups excluding carboxylic acids is 1. The number of hydrogen-bond donors (Lipinski definition) is 1. The molecule has 2 aromatic heterocycles. The maximum atomic E-state index is 12.6. The van der Waals surface area contributed by atoms with Crippen LogP contribution < -0.4 is 5.32 Å². The second-order valence-electron chi connectivity index (χ2n) is 7.18. The van der Waals surface area contributed by atoms with Crippen LogP contribution in [0.2, 0.25) is 0 Å². The van der Waals surface area contributed by atoms with Gasteiger partial charge < -0.3 is 14.6 Å². The lowest BCUT2D eigenvalue weighted by atomic mass is 10.0. The molecule has 0 bridgehead atoms. The van der Waals surface area contributed by atoms with Crippen LogP contribution >= 0.6 is 11.3 Å². The second-order valence-corrected chi connectivity index (χ2v) is 8.13. The van der Waals surface area contributed by atoms with Gasteiger partial charge in [0.05, 0.1) is 17.0 Å². The molecular weight excluding hydrogens is 334 g/mol. The summed E-state index contributed by atoms with van der Waals surface area (Å²) < 4.78 is 5.74. The van der Waals surface area contributed by atoms with E-state index in [1.54, 1.807) is 11.3 Å². The van der Waals surface area contributed by atoms with E-state index in [0.717, 1.165) is 54.7 Å². The Labute approximate surface area is 152 Å². The van der Waals surface area contributed by atoms with Crippen molar-refractivity contribution in [3.05, 3.63) is 29.0 Å². The molecular formula is C19H25N3O2S. The molecule has 0 atom stereocenters. The minimum atomic E-state index is 0.162. The number of nitrogens with one attached hydrogen (secondary N) is 1. The third kappa shape index (κ3) is 4.12. The van der Waals surface area contributed by atoms with Gasteiger partial charge in [-0.05, 0) is 56.5 Å². The Morgan fingerprint density at radius 2 is 2.16 bits per heavy atom. The van der Waals surface area contributed by atoms with Gasteiger partial charge in [0.25, 0.3) is 0 Å². The van der Waals surface area contributed by atoms with Crippen molar-refractivity contribution in [3.63, 3.8) is 0 Å². The second kappa shape index (κ2) is 7.30. The van der Waals surface area contributed by atoms with Crippen LogP contribution in [0.3, 0.4) is 0 Å². The van der Waals surface area contributed by atoms with E-state index in [1.807, 2.05) is 29.3 Å². The zero-order chi connectivity index (χ0) is 17.2. The van der Waals surface area contributed by atoms with Crippen molar-refractivity contribution < 1.29 is 9.21 Å². The summed E-state index contributed by atoms with van der Waals surface area (Å²) in [5.74, 6) is 2.44. The van der Waals surface area contributed by atoms with Gasteiger partial charge in [-0.25, -0.2) is 4.98 Å². The summed E-state index contributed by atoms with van der Waals surface area (Å²) in [5.41, 5.74) is 0.766. The van der Waals surface area contributed by atoms with E-state index in [-0.39, 0.29) is 5.91 Å². The van der Waals surface area contributed by atoms with E-state index in [2.05, 4.69) is 10.3 Å². The van der Waals surface area contributed by atoms with E-state index in [9.17, 15) is 4.79 Å². The number of amides is 1. The lowest BCUT2D eigenvalue weighted by Gasteiger charge is -2.32. The lowest BCUT2D eigenvalue weighted by molar-refractivity contribution is -0.131. The highest BCUT2D eigenvalue weighted by molar-refractivity contribution is 7.13. The molecule has 0 unspecified atom stereocenters. The average molecular weight is 359 g/mol. The van der Waals surface area contributed by atoms with E-state index in [1.165, 1.54) is 12.8 Å². The number of aryl methyl sites for hydroxylation is 1. The van der Waals surface area contributed by atoms with E-state index >= 15 is 0 Å². The number of oxazole rings is 1. The molecule has 2 aromatic rings. The molecule has 0 aromatic carbocycles. The van der Waals surface area contributed by atoms with E-state index in [0.29, 0.717) is 18.4 Å². The molecule has 0 radical (unpaired) electrons. The van der Waals surface area contributed by atoms with E-state index in [4.69, 9.17) is 4.42 Å². The number of rotatable bonds is 6. The average Bonchev–Trinajstić information content (AvgIpc) is 3.14. The Bertz CT molecular complexity index is 713. The molecule has 25 heavy (non-hydrogen) atoms. The van der Waals surface area contributed by atoms with Gasteiger partial charge in [-0.3, -0.25) is 4.79 Å². The van der Waals surface area contributed by atoms with Crippen molar-refractivity contribution in [2.45, 2.75) is 45.1 Å². The van der Waals surface area contributed by atoms with Gasteiger partial charge in [0.15, 0.2) is 0 Å². The number of hydrogen-bond acceptors (Lipinski definition) is 5. The summed E-state index contributed by atoms with van der Waals surface area (Å²) in [6.07, 6.45) is 5.21. The highest BCUT2D eigenvalue weighted by atomic mass is 32.1. The first-order valence-corrected chi connectivity index (χ1v) is 10.1. The van der Waals surface area contributed by atoms with E-state index < -0.39 is 0 Å². The summed E-state index contributed by atoms with van der Waals surface area (Å²) in [6.45, 7) is 4.73. The van der Waals surface area contributed by atoms with Gasteiger partial charge in [-0.1, -0.05) is 6.07 Å². The van der Waals surface area contributed by atoms with Crippen LogP contribution in [0.15, 0.2) is 21.9 Å². The first-order valence-electron chi connectivity index (χ1n) is 9.20. The summed E-state index contributed by atoms with van der Waals surface area (Å²) in [4.78, 5) is 20.2. The number of nitrogens with zero attached hydrogens (tertiary/aromatic N) is 2. The van der Waals surface area contributed by atoms with Crippen LogP contribution in [0.4, 0.5) is 0 Å². The molecule has 1 aliphatic carbocycles. The van der Waals surface area contributed by atoms with Crippen LogP contribution in [0.1, 0.15) is 37.1 Å². The molecule has 5 nitrogen and oxygen atoms in total. The molecule has 1 aliphatic heterocycles. The number of aromatic nitrogens is 1. The first-order chi connectivity index (χ1) is 12.2. The fraction of sp³-hybridized carbons (Fsp3) is 0.579. The van der Waals surface area contributed by atoms with Crippen molar-refractivity contribution in [1.82, 2.24) is 15.2 Å². The smallest absolute Gasteiger partial charge is 0.236 e. The molecule has 6 heteroatoms. The first kappa shape index (κ1) is 16.8. The Hall–Kier alpha value is -1.66. The van der Waals surface area contributed by atoms with Crippen LogP contribution in [0, 0.1) is 12.8 Å². The standard InChI is InChI=1S/C19H25N3O2S/c1-13-16(21-19(24-13)17-3-2-10-25-17)11-18(23)22-8-6-15(7-9-22)20-12-14-4-5-14/h2-3,10,14-15,20H,4-9,11-12H2,1H3. The van der Waals surface area contributed by atoms with Crippen molar-refractivity contribution in [2.75, 3.05) is 19.6 Å². The maximum Gasteiger partial charge on any atom is 0.236 e. The summed E-state index contributed by atoms with van der Waals surface area (Å²) in [7, 11) is 0. The maximum absolute atomic E-state index is 12.6. The molecule has 4 rings (SSSR count). The predicted octanol–water partition coefficient (Wildman–Crippen LogP) is 3.24. The molecule has 134 valence electrons. The normalized spacial score (nSPS) is 18.7. The van der Waals surface area contributed by atoms with Gasteiger partial charge in [-0.15, -0.1) is 11.3 Å². The van der Waals surface area contributed by atoms with Gasteiger partial charge >= 0.3 is 0 Å². The lowest BCUT2D eigenvalue weighted by Crippen LogP contribution is -2.45. The molecule has 1 saturated carbocycles. The Morgan fingerprint density at radius 3 is 2.84 bits per heavy atom. The SMILES string of the molecule is Cc1oc(-c2cccs2)nc1CC(=O)N1CCC(NCC2CC2)CC1. The highest BCUT2D eigenvalue weighted by Gasteiger charge is 2.26. The largest absolute Gasteiger partial charge is 0.440 e. The molecule has 1 saturated heterocycles. The quantitative estimate of drug-likeness (QED) is 0.860. The van der Waals surface area contributed by atoms with Crippen molar-refractivity contribution in [1.29, 1.82) is 0 Å². The fourth-order valence-electron chi connectivity index (χ4n) is 3.34. The van der Waals surface area contributed by atoms with Crippen LogP contribution in [-0.4, -0.2) is 41.5 Å². The Morgan fingerprint density at radius 1 is 1.36 bits per heavy atom. The van der Waals surface area contributed by atoms with Crippen LogP contribution in [0.5, 0.6) is 0 Å². The number of likely N-dealkylation sites (tertiary alicyclic amines) is 1. The Kier molecular flexibility index (Phi) is 4.90. The monoisotopic (exact) mass is 359 g/mol. The fourth-order valence-corrected chi connectivity index (χ4v) is 3.99. The number of carbonyl (C=O) groups is 1. The van der Waals surface area contributed by atoms with Crippen molar-refractivity contribution >= 4 is 17.2 Å². The zero-order valence-electron chi connectivity index (χ0n) is 14.7. The predicted molar refractivity (Wildman–Crippen MR) is 98.6 cm³/mol. The van der Waals surface area contributed by atoms with Gasteiger partial charge in [-0.2, -0.15) is 0 Å². The highest BCUT2D eigenvalue weighted by Crippen LogP contribution is 2.28. The van der Waals surface area contributed by atoms with Crippen molar-refractivity contribution in [2.24, 2.45) is 5.92 Å². The molecule has 0 spiro atoms. The molecule has 2 fully saturated rings. The molecule has 1 N–H and O–H groups in total. The zero-order valence-corrected chi connectivity index (χ0v) is 15.5. The van der Waals surface area contributed by atoms with Gasteiger partial charge in [0.2, 0.25) is 11.8 Å². The summed E-state index contributed by atoms with van der Waals surface area (Å²) >= 11 is 1.60. The van der Waals surface area contributed by atoms with Crippen LogP contribution in [0.25, 0.3) is 10.8 Å². The van der Waals surface area contributed by atoms with Crippen LogP contribution in [-0.2, 0) is 11.2 Å². The molecule has 2 aliphatic rings. The molecule has 3 heterocycles. The Balaban J connectivity index is 1.30. The third-order valence-electron chi connectivity index (χ3n) is 5.18. The molecule has 1 amide bonds. The minimum absolute atomic E-state index is 0.162. The number of piperidine rings is 1. The third-order valence-corrected chi connectivity index (χ3v) is 6.04. The van der Waals surface area contributed by atoms with Crippen molar-refractivity contribution in [3.8, 4) is 10.8 Å².